The van der Waals surface area contributed by atoms with E-state index in [9.17, 15) is 9.59 Å². The van der Waals surface area contributed by atoms with Gasteiger partial charge in [-0.25, -0.2) is 0 Å². The number of pyridine rings is 1. The molecule has 1 aromatic heterocycles. The third-order valence-corrected chi connectivity index (χ3v) is 3.16. The molecule has 0 aliphatic rings. The SMILES string of the molecule is CCn1cc(C(=O)NCCOC)c(=O)c2ccccc21. The number of nitrogens with zero attached hydrogens (tertiary/aromatic N) is 1. The Kier molecular flexibility index (Phi) is 4.53. The van der Waals surface area contributed by atoms with Gasteiger partial charge in [-0.2, -0.15) is 0 Å². The zero-order chi connectivity index (χ0) is 14.5. The molecule has 2 rings (SSSR count). The molecule has 0 aliphatic carbocycles. The van der Waals surface area contributed by atoms with Crippen molar-refractivity contribution in [2.24, 2.45) is 0 Å². The highest BCUT2D eigenvalue weighted by atomic mass is 16.5. The molecule has 20 heavy (non-hydrogen) atoms. The molecule has 0 spiro atoms. The van der Waals surface area contributed by atoms with Gasteiger partial charge in [0.25, 0.3) is 5.91 Å². The zero-order valence-electron chi connectivity index (χ0n) is 11.7. The van der Waals surface area contributed by atoms with Gasteiger partial charge in [-0.05, 0) is 19.1 Å². The van der Waals surface area contributed by atoms with E-state index in [2.05, 4.69) is 5.32 Å². The molecular formula is C15H18N2O3. The van der Waals surface area contributed by atoms with Crippen molar-refractivity contribution < 1.29 is 9.53 Å². The normalized spacial score (nSPS) is 10.7. The standard InChI is InChI=1S/C15H18N2O3/c1-3-17-10-12(15(19)16-8-9-20-2)14(18)11-6-4-5-7-13(11)17/h4-7,10H,3,8-9H2,1-2H3,(H,16,19). The number of amides is 1. The van der Waals surface area contributed by atoms with Crippen molar-refractivity contribution in [3.8, 4) is 0 Å². The number of rotatable bonds is 5. The zero-order valence-corrected chi connectivity index (χ0v) is 11.7. The van der Waals surface area contributed by atoms with E-state index in [1.54, 1.807) is 25.4 Å². The Morgan fingerprint density at radius 3 is 2.80 bits per heavy atom. The number of carbonyl (C=O) groups excluding carboxylic acids is 1. The number of aromatic nitrogens is 1. The average molecular weight is 274 g/mol. The highest BCUT2D eigenvalue weighted by Crippen LogP contribution is 2.11. The van der Waals surface area contributed by atoms with E-state index >= 15 is 0 Å². The smallest absolute Gasteiger partial charge is 0.256 e. The lowest BCUT2D eigenvalue weighted by molar-refractivity contribution is 0.0935. The van der Waals surface area contributed by atoms with Gasteiger partial charge in [-0.15, -0.1) is 0 Å². The highest BCUT2D eigenvalue weighted by molar-refractivity contribution is 5.97. The van der Waals surface area contributed by atoms with Crippen LogP contribution in [0.4, 0.5) is 0 Å². The minimum atomic E-state index is -0.361. The van der Waals surface area contributed by atoms with E-state index in [4.69, 9.17) is 4.74 Å². The lowest BCUT2D eigenvalue weighted by Gasteiger charge is -2.11. The second-order valence-electron chi connectivity index (χ2n) is 4.42. The molecular weight excluding hydrogens is 256 g/mol. The molecule has 1 aromatic carbocycles. The number of methoxy groups -OCH3 is 1. The molecule has 0 saturated carbocycles. The fourth-order valence-corrected chi connectivity index (χ4v) is 2.13. The Hall–Kier alpha value is -2.14. The van der Waals surface area contributed by atoms with Crippen LogP contribution >= 0.6 is 0 Å². The first-order chi connectivity index (χ1) is 9.69. The Morgan fingerprint density at radius 2 is 2.10 bits per heavy atom. The predicted octanol–water partition coefficient (Wildman–Crippen LogP) is 1.40. The average Bonchev–Trinajstić information content (AvgIpc) is 2.48. The van der Waals surface area contributed by atoms with Crippen molar-refractivity contribution in [2.75, 3.05) is 20.3 Å². The van der Waals surface area contributed by atoms with Crippen molar-refractivity contribution in [3.05, 3.63) is 46.2 Å². The number of benzene rings is 1. The van der Waals surface area contributed by atoms with Crippen LogP contribution in [0.3, 0.4) is 0 Å². The quantitative estimate of drug-likeness (QED) is 0.838. The van der Waals surface area contributed by atoms with Crippen LogP contribution < -0.4 is 10.7 Å². The molecule has 106 valence electrons. The Labute approximate surface area is 117 Å². The summed E-state index contributed by atoms with van der Waals surface area (Å²) in [4.78, 5) is 24.4. The molecule has 0 unspecified atom stereocenters. The number of ether oxygens (including phenoxy) is 1. The van der Waals surface area contributed by atoms with Gasteiger partial charge in [-0.3, -0.25) is 9.59 Å². The number of aryl methyl sites for hydroxylation is 1. The number of para-hydroxylation sites is 1. The Balaban J connectivity index is 2.46. The Morgan fingerprint density at radius 1 is 1.35 bits per heavy atom. The molecule has 0 aliphatic heterocycles. The van der Waals surface area contributed by atoms with Crippen molar-refractivity contribution in [2.45, 2.75) is 13.5 Å². The number of hydrogen-bond acceptors (Lipinski definition) is 3. The van der Waals surface area contributed by atoms with Crippen LogP contribution in [0.2, 0.25) is 0 Å². The third-order valence-electron chi connectivity index (χ3n) is 3.16. The number of nitrogens with one attached hydrogen (secondary N) is 1. The summed E-state index contributed by atoms with van der Waals surface area (Å²) in [6, 6.07) is 7.31. The molecule has 5 nitrogen and oxygen atoms in total. The predicted molar refractivity (Wildman–Crippen MR) is 78.1 cm³/mol. The van der Waals surface area contributed by atoms with E-state index in [0.29, 0.717) is 25.1 Å². The van der Waals surface area contributed by atoms with Crippen molar-refractivity contribution >= 4 is 16.8 Å². The summed E-state index contributed by atoms with van der Waals surface area (Å²) in [6.45, 7) is 3.47. The second-order valence-corrected chi connectivity index (χ2v) is 4.42. The molecule has 5 heteroatoms. The molecule has 0 saturated heterocycles. The molecule has 0 atom stereocenters. The molecule has 1 amide bonds. The largest absolute Gasteiger partial charge is 0.383 e. The van der Waals surface area contributed by atoms with Gasteiger partial charge in [0.15, 0.2) is 0 Å². The maximum atomic E-state index is 12.4. The molecule has 0 bridgehead atoms. The summed E-state index contributed by atoms with van der Waals surface area (Å²) in [5, 5.41) is 3.24. The van der Waals surface area contributed by atoms with E-state index in [1.807, 2.05) is 23.6 Å². The lowest BCUT2D eigenvalue weighted by atomic mass is 10.1. The maximum absolute atomic E-state index is 12.4. The van der Waals surface area contributed by atoms with Crippen LogP contribution in [0, 0.1) is 0 Å². The van der Waals surface area contributed by atoms with Crippen LogP contribution in [0.1, 0.15) is 17.3 Å². The summed E-state index contributed by atoms with van der Waals surface area (Å²) >= 11 is 0. The number of fused-ring (bicyclic) bond motifs is 1. The van der Waals surface area contributed by atoms with Gasteiger partial charge >= 0.3 is 0 Å². The molecule has 0 radical (unpaired) electrons. The van der Waals surface area contributed by atoms with E-state index < -0.39 is 0 Å². The third kappa shape index (κ3) is 2.72. The van der Waals surface area contributed by atoms with Gasteiger partial charge in [0, 0.05) is 31.8 Å². The van der Waals surface area contributed by atoms with Crippen LogP contribution in [-0.4, -0.2) is 30.7 Å². The molecule has 2 aromatic rings. The van der Waals surface area contributed by atoms with Crippen LogP contribution in [0.25, 0.3) is 10.9 Å². The molecule has 1 heterocycles. The van der Waals surface area contributed by atoms with Crippen molar-refractivity contribution in [1.29, 1.82) is 0 Å². The number of carbonyl (C=O) groups is 1. The topological polar surface area (TPSA) is 60.3 Å². The number of hydrogen-bond donors (Lipinski definition) is 1. The van der Waals surface area contributed by atoms with E-state index in [-0.39, 0.29) is 16.9 Å². The lowest BCUT2D eigenvalue weighted by Crippen LogP contribution is -2.32. The second kappa shape index (κ2) is 6.34. The minimum absolute atomic E-state index is 0.168. The van der Waals surface area contributed by atoms with Crippen LogP contribution in [0.15, 0.2) is 35.3 Å². The summed E-state index contributed by atoms with van der Waals surface area (Å²) < 4.78 is 6.78. The molecule has 1 N–H and O–H groups in total. The summed E-state index contributed by atoms with van der Waals surface area (Å²) in [6.07, 6.45) is 1.62. The first kappa shape index (κ1) is 14.3. The van der Waals surface area contributed by atoms with Gasteiger partial charge < -0.3 is 14.6 Å². The van der Waals surface area contributed by atoms with Gasteiger partial charge in [0.2, 0.25) is 5.43 Å². The summed E-state index contributed by atoms with van der Waals surface area (Å²) in [5.41, 5.74) is 0.773. The fraction of sp³-hybridized carbons (Fsp3) is 0.333. The maximum Gasteiger partial charge on any atom is 0.256 e. The van der Waals surface area contributed by atoms with Gasteiger partial charge in [-0.1, -0.05) is 12.1 Å². The highest BCUT2D eigenvalue weighted by Gasteiger charge is 2.14. The van der Waals surface area contributed by atoms with Crippen LogP contribution in [-0.2, 0) is 11.3 Å². The van der Waals surface area contributed by atoms with Crippen LogP contribution in [0.5, 0.6) is 0 Å². The summed E-state index contributed by atoms with van der Waals surface area (Å²) in [7, 11) is 1.56. The molecule has 0 fully saturated rings. The minimum Gasteiger partial charge on any atom is -0.383 e. The van der Waals surface area contributed by atoms with Gasteiger partial charge in [0.05, 0.1) is 12.1 Å². The monoisotopic (exact) mass is 274 g/mol. The first-order valence-electron chi connectivity index (χ1n) is 6.58. The van der Waals surface area contributed by atoms with Crippen molar-refractivity contribution in [1.82, 2.24) is 9.88 Å². The van der Waals surface area contributed by atoms with Gasteiger partial charge in [0.1, 0.15) is 5.56 Å². The first-order valence-corrected chi connectivity index (χ1v) is 6.58. The fourth-order valence-electron chi connectivity index (χ4n) is 2.13. The van der Waals surface area contributed by atoms with E-state index in [0.717, 1.165) is 5.52 Å². The van der Waals surface area contributed by atoms with Crippen molar-refractivity contribution in [3.63, 3.8) is 0 Å². The summed E-state index contributed by atoms with van der Waals surface area (Å²) in [5.74, 6) is -0.361. The Bertz CT molecular complexity index is 676. The van der Waals surface area contributed by atoms with E-state index in [1.165, 1.54) is 0 Å².